The molecular formula is C20H28F4N2O2. The molecule has 1 aromatic carbocycles. The molecule has 28 heavy (non-hydrogen) atoms. The highest BCUT2D eigenvalue weighted by molar-refractivity contribution is 5.33. The van der Waals surface area contributed by atoms with Crippen LogP contribution >= 0.6 is 0 Å². The van der Waals surface area contributed by atoms with Crippen molar-refractivity contribution in [3.05, 3.63) is 24.3 Å². The van der Waals surface area contributed by atoms with Crippen molar-refractivity contribution in [2.45, 2.75) is 37.5 Å². The molecule has 2 saturated heterocycles. The van der Waals surface area contributed by atoms with Crippen LogP contribution in [0.25, 0.3) is 0 Å². The number of hydrogen-bond acceptors (Lipinski definition) is 4. The molecule has 0 bridgehead atoms. The Morgan fingerprint density at radius 2 is 1.14 bits per heavy atom. The van der Waals surface area contributed by atoms with Crippen molar-refractivity contribution in [3.8, 4) is 11.5 Å². The van der Waals surface area contributed by atoms with E-state index in [2.05, 4.69) is 10.6 Å². The first-order valence-corrected chi connectivity index (χ1v) is 9.89. The summed E-state index contributed by atoms with van der Waals surface area (Å²) in [6.45, 7) is 0.853. The Bertz CT molecular complexity index is 569. The van der Waals surface area contributed by atoms with Crippen molar-refractivity contribution in [2.24, 2.45) is 11.8 Å². The van der Waals surface area contributed by atoms with Gasteiger partial charge in [0.15, 0.2) is 13.2 Å². The summed E-state index contributed by atoms with van der Waals surface area (Å²) >= 11 is 0. The monoisotopic (exact) mass is 404 g/mol. The second-order valence-electron chi connectivity index (χ2n) is 7.62. The SMILES string of the molecule is FC(F)(COc1cccc(OCC(F)(F)C2CCNCC2)c1)C1CCNCC1. The summed E-state index contributed by atoms with van der Waals surface area (Å²) < 4.78 is 67.8. The van der Waals surface area contributed by atoms with Gasteiger partial charge in [-0.2, -0.15) is 0 Å². The van der Waals surface area contributed by atoms with E-state index >= 15 is 0 Å². The number of benzene rings is 1. The second-order valence-corrected chi connectivity index (χ2v) is 7.62. The molecule has 2 heterocycles. The number of ether oxygens (including phenoxy) is 2. The Morgan fingerprint density at radius 1 is 0.750 bits per heavy atom. The molecular weight excluding hydrogens is 376 g/mol. The van der Waals surface area contributed by atoms with E-state index in [1.807, 2.05) is 0 Å². The number of nitrogens with one attached hydrogen (secondary N) is 2. The van der Waals surface area contributed by atoms with Crippen molar-refractivity contribution < 1.29 is 27.0 Å². The maximum atomic E-state index is 14.3. The van der Waals surface area contributed by atoms with Gasteiger partial charge in [0.1, 0.15) is 11.5 Å². The van der Waals surface area contributed by atoms with E-state index < -0.39 is 36.9 Å². The van der Waals surface area contributed by atoms with Gasteiger partial charge in [0.2, 0.25) is 0 Å². The van der Waals surface area contributed by atoms with E-state index in [1.54, 1.807) is 6.07 Å². The van der Waals surface area contributed by atoms with Gasteiger partial charge < -0.3 is 20.1 Å². The van der Waals surface area contributed by atoms with Crippen LogP contribution in [0.3, 0.4) is 0 Å². The van der Waals surface area contributed by atoms with E-state index in [0.29, 0.717) is 51.9 Å². The van der Waals surface area contributed by atoms with Crippen molar-refractivity contribution in [2.75, 3.05) is 39.4 Å². The number of piperidine rings is 2. The molecule has 0 atom stereocenters. The van der Waals surface area contributed by atoms with E-state index in [-0.39, 0.29) is 11.5 Å². The number of alkyl halides is 4. The summed E-state index contributed by atoms with van der Waals surface area (Å²) in [5, 5.41) is 6.12. The molecule has 0 radical (unpaired) electrons. The minimum absolute atomic E-state index is 0.191. The lowest BCUT2D eigenvalue weighted by atomic mass is 9.92. The molecule has 158 valence electrons. The zero-order valence-electron chi connectivity index (χ0n) is 15.9. The molecule has 4 nitrogen and oxygen atoms in total. The van der Waals surface area contributed by atoms with E-state index in [9.17, 15) is 17.6 Å². The topological polar surface area (TPSA) is 42.5 Å². The number of rotatable bonds is 8. The molecule has 2 fully saturated rings. The highest BCUT2D eigenvalue weighted by atomic mass is 19.3. The van der Waals surface area contributed by atoms with Gasteiger partial charge in [-0.3, -0.25) is 0 Å². The number of halogens is 4. The largest absolute Gasteiger partial charge is 0.487 e. The zero-order valence-corrected chi connectivity index (χ0v) is 15.9. The standard InChI is InChI=1S/C20H28F4N2O2/c21-19(22,15-4-8-25-9-5-15)13-27-17-2-1-3-18(12-17)28-14-20(23,24)16-6-10-26-11-7-16/h1-3,12,15-16,25-26H,4-11,13-14H2. The molecule has 0 aliphatic carbocycles. The molecule has 2 N–H and O–H groups in total. The average Bonchev–Trinajstić information content (AvgIpc) is 2.73. The van der Waals surface area contributed by atoms with Gasteiger partial charge in [0, 0.05) is 17.9 Å². The molecule has 3 rings (SSSR count). The van der Waals surface area contributed by atoms with Gasteiger partial charge in [-0.15, -0.1) is 0 Å². The van der Waals surface area contributed by atoms with Crippen LogP contribution in [0.15, 0.2) is 24.3 Å². The van der Waals surface area contributed by atoms with Gasteiger partial charge in [-0.25, -0.2) is 17.6 Å². The maximum absolute atomic E-state index is 14.3. The van der Waals surface area contributed by atoms with Gasteiger partial charge in [-0.05, 0) is 64.0 Å². The first-order valence-electron chi connectivity index (χ1n) is 9.89. The third kappa shape index (κ3) is 5.73. The Kier molecular flexibility index (Phi) is 7.04. The highest BCUT2D eigenvalue weighted by Gasteiger charge is 2.41. The summed E-state index contributed by atoms with van der Waals surface area (Å²) in [6, 6.07) is 5.99. The van der Waals surface area contributed by atoms with Crippen LogP contribution < -0.4 is 20.1 Å². The predicted octanol–water partition coefficient (Wildman–Crippen LogP) is 3.71. The van der Waals surface area contributed by atoms with Crippen molar-refractivity contribution >= 4 is 0 Å². The van der Waals surface area contributed by atoms with Crippen LogP contribution in [-0.4, -0.2) is 51.2 Å². The lowest BCUT2D eigenvalue weighted by Crippen LogP contribution is -2.41. The summed E-state index contributed by atoms with van der Waals surface area (Å²) in [5.74, 6) is -6.90. The lowest BCUT2D eigenvalue weighted by molar-refractivity contribution is -0.0992. The Labute approximate surface area is 163 Å². The van der Waals surface area contributed by atoms with Gasteiger partial charge in [0.05, 0.1) is 0 Å². The third-order valence-corrected chi connectivity index (χ3v) is 5.54. The van der Waals surface area contributed by atoms with Crippen molar-refractivity contribution in [1.29, 1.82) is 0 Å². The second kappa shape index (κ2) is 9.31. The predicted molar refractivity (Wildman–Crippen MR) is 98.5 cm³/mol. The molecule has 0 amide bonds. The van der Waals surface area contributed by atoms with Crippen LogP contribution in [0, 0.1) is 11.8 Å². The maximum Gasteiger partial charge on any atom is 0.284 e. The fraction of sp³-hybridized carbons (Fsp3) is 0.700. The molecule has 1 aromatic rings. The summed E-state index contributed by atoms with van der Waals surface area (Å²) in [4.78, 5) is 0. The minimum atomic E-state index is -2.93. The quantitative estimate of drug-likeness (QED) is 0.649. The Morgan fingerprint density at radius 3 is 1.54 bits per heavy atom. The molecule has 0 aromatic heterocycles. The molecule has 2 aliphatic heterocycles. The fourth-order valence-corrected chi connectivity index (χ4v) is 3.74. The minimum Gasteiger partial charge on any atom is -0.487 e. The van der Waals surface area contributed by atoms with Gasteiger partial charge in [-0.1, -0.05) is 6.07 Å². The van der Waals surface area contributed by atoms with Crippen LogP contribution in [0.5, 0.6) is 11.5 Å². The fourth-order valence-electron chi connectivity index (χ4n) is 3.74. The zero-order chi connectivity index (χ0) is 20.0. The third-order valence-electron chi connectivity index (χ3n) is 5.54. The van der Waals surface area contributed by atoms with Gasteiger partial charge in [0.25, 0.3) is 11.8 Å². The van der Waals surface area contributed by atoms with Crippen LogP contribution in [0.1, 0.15) is 25.7 Å². The molecule has 0 saturated carbocycles. The molecule has 8 heteroatoms. The summed E-state index contributed by atoms with van der Waals surface area (Å²) in [7, 11) is 0. The van der Waals surface area contributed by atoms with E-state index in [0.717, 1.165) is 0 Å². The summed E-state index contributed by atoms with van der Waals surface area (Å²) in [6.07, 6.45) is 1.63. The van der Waals surface area contributed by atoms with Crippen LogP contribution in [-0.2, 0) is 0 Å². The normalized spacial score (nSPS) is 20.1. The number of hydrogen-bond donors (Lipinski definition) is 2. The van der Waals surface area contributed by atoms with E-state index in [4.69, 9.17) is 9.47 Å². The van der Waals surface area contributed by atoms with E-state index in [1.165, 1.54) is 18.2 Å². The lowest BCUT2D eigenvalue weighted by Gasteiger charge is -2.30. The highest BCUT2D eigenvalue weighted by Crippen LogP contribution is 2.34. The van der Waals surface area contributed by atoms with Crippen LogP contribution in [0.2, 0.25) is 0 Å². The Balaban J connectivity index is 1.52. The summed E-state index contributed by atoms with van der Waals surface area (Å²) in [5.41, 5.74) is 0. The van der Waals surface area contributed by atoms with Crippen molar-refractivity contribution in [1.82, 2.24) is 10.6 Å². The molecule has 0 spiro atoms. The molecule has 0 unspecified atom stereocenters. The Hall–Kier alpha value is -1.54. The first-order chi connectivity index (χ1) is 13.4. The van der Waals surface area contributed by atoms with Gasteiger partial charge >= 0.3 is 0 Å². The van der Waals surface area contributed by atoms with Crippen molar-refractivity contribution in [3.63, 3.8) is 0 Å². The van der Waals surface area contributed by atoms with Crippen LogP contribution in [0.4, 0.5) is 17.6 Å². The average molecular weight is 404 g/mol. The molecule has 2 aliphatic rings. The smallest absolute Gasteiger partial charge is 0.284 e. The first kappa shape index (κ1) is 21.2.